The van der Waals surface area contributed by atoms with Crippen LogP contribution in [0, 0.1) is 0 Å². The molecule has 5 N–H and O–H groups in total. The number of hydrogen-bond donors (Lipinski definition) is 4. The van der Waals surface area contributed by atoms with Gasteiger partial charge in [-0.1, -0.05) is 48.5 Å². The quantitative estimate of drug-likeness (QED) is 0.438. The van der Waals surface area contributed by atoms with Gasteiger partial charge in [0.1, 0.15) is 6.04 Å². The number of carbonyl (C=O) groups is 2. The van der Waals surface area contributed by atoms with Crippen molar-refractivity contribution in [3.63, 3.8) is 0 Å². The lowest BCUT2D eigenvalue weighted by Crippen LogP contribution is -2.45. The molecule has 1 fully saturated rings. The van der Waals surface area contributed by atoms with Gasteiger partial charge >= 0.3 is 0 Å². The van der Waals surface area contributed by atoms with E-state index in [1.54, 1.807) is 6.20 Å². The summed E-state index contributed by atoms with van der Waals surface area (Å²) >= 11 is 0. The Kier molecular flexibility index (Phi) is 7.09. The second kappa shape index (κ2) is 10.3. The van der Waals surface area contributed by atoms with Gasteiger partial charge in [0.05, 0.1) is 17.4 Å². The Balaban J connectivity index is 1.43. The van der Waals surface area contributed by atoms with Gasteiger partial charge in [0, 0.05) is 30.4 Å². The topological polar surface area (TPSA) is 109 Å². The van der Waals surface area contributed by atoms with Crippen LogP contribution < -0.4 is 21.7 Å². The van der Waals surface area contributed by atoms with E-state index in [1.807, 2.05) is 60.7 Å². The SMILES string of the molecule is N[C@@H]1CN[C@@H](CC(=O)N[C@H](CCc2ccccc2)C(=O)Nc2cnc3ccccc3c2)C1. The van der Waals surface area contributed by atoms with E-state index in [9.17, 15) is 9.59 Å². The molecule has 0 spiro atoms. The summed E-state index contributed by atoms with van der Waals surface area (Å²) in [6.45, 7) is 0.713. The lowest BCUT2D eigenvalue weighted by atomic mass is 10.0. The highest BCUT2D eigenvalue weighted by Crippen LogP contribution is 2.17. The maximum atomic E-state index is 13.1. The van der Waals surface area contributed by atoms with E-state index in [2.05, 4.69) is 20.9 Å². The molecule has 1 aromatic heterocycles. The fourth-order valence-electron chi connectivity index (χ4n) is 4.08. The molecular formula is C25H29N5O2. The Bertz CT molecular complexity index is 1070. The molecule has 166 valence electrons. The van der Waals surface area contributed by atoms with Crippen LogP contribution in [-0.2, 0) is 16.0 Å². The van der Waals surface area contributed by atoms with Crippen molar-refractivity contribution < 1.29 is 9.59 Å². The zero-order chi connectivity index (χ0) is 22.3. The molecule has 3 aromatic rings. The number of aryl methyl sites for hydroxylation is 1. The number of anilines is 1. The van der Waals surface area contributed by atoms with Crippen molar-refractivity contribution >= 4 is 28.4 Å². The minimum Gasteiger partial charge on any atom is -0.344 e. The molecule has 4 rings (SSSR count). The molecule has 0 unspecified atom stereocenters. The van der Waals surface area contributed by atoms with E-state index in [4.69, 9.17) is 5.73 Å². The summed E-state index contributed by atoms with van der Waals surface area (Å²) in [5.41, 5.74) is 8.51. The minimum atomic E-state index is -0.649. The van der Waals surface area contributed by atoms with Gasteiger partial charge in [0.15, 0.2) is 0 Å². The van der Waals surface area contributed by atoms with Crippen LogP contribution >= 0.6 is 0 Å². The van der Waals surface area contributed by atoms with Crippen molar-refractivity contribution in [3.8, 4) is 0 Å². The Hall–Kier alpha value is -3.29. The standard InChI is InChI=1S/C25H29N5O2/c26-19-13-20(27-15-19)14-24(31)30-23(11-10-17-6-2-1-3-7-17)25(32)29-21-12-18-8-4-5-9-22(18)28-16-21/h1-9,12,16,19-20,23,27H,10-11,13-15,26H2,(H,29,32)(H,30,31)/t19-,20+,23+/m0/s1. The summed E-state index contributed by atoms with van der Waals surface area (Å²) in [6, 6.07) is 19.0. The molecule has 1 saturated heterocycles. The van der Waals surface area contributed by atoms with Crippen molar-refractivity contribution in [1.29, 1.82) is 0 Å². The summed E-state index contributed by atoms with van der Waals surface area (Å²) in [7, 11) is 0. The third-order valence-electron chi connectivity index (χ3n) is 5.76. The molecule has 3 atom stereocenters. The van der Waals surface area contributed by atoms with E-state index in [-0.39, 0.29) is 23.9 Å². The molecule has 1 aliphatic heterocycles. The van der Waals surface area contributed by atoms with Crippen molar-refractivity contribution in [1.82, 2.24) is 15.6 Å². The van der Waals surface area contributed by atoms with Gasteiger partial charge in [0.25, 0.3) is 0 Å². The number of benzene rings is 2. The minimum absolute atomic E-state index is 0.0486. The van der Waals surface area contributed by atoms with E-state index in [0.717, 1.165) is 22.9 Å². The summed E-state index contributed by atoms with van der Waals surface area (Å²) in [6.07, 6.45) is 3.89. The van der Waals surface area contributed by atoms with Gasteiger partial charge in [-0.05, 0) is 37.0 Å². The number of hydrogen-bond acceptors (Lipinski definition) is 5. The average molecular weight is 432 g/mol. The van der Waals surface area contributed by atoms with Gasteiger partial charge in [-0.25, -0.2) is 0 Å². The first-order chi connectivity index (χ1) is 15.6. The predicted octanol–water partition coefficient (Wildman–Crippen LogP) is 2.37. The Morgan fingerprint density at radius 3 is 2.69 bits per heavy atom. The fourth-order valence-corrected chi connectivity index (χ4v) is 4.08. The molecule has 2 amide bonds. The zero-order valence-electron chi connectivity index (χ0n) is 18.0. The second-order valence-electron chi connectivity index (χ2n) is 8.36. The maximum Gasteiger partial charge on any atom is 0.247 e. The lowest BCUT2D eigenvalue weighted by molar-refractivity contribution is -0.126. The predicted molar refractivity (Wildman–Crippen MR) is 126 cm³/mol. The van der Waals surface area contributed by atoms with Gasteiger partial charge in [0.2, 0.25) is 11.8 Å². The van der Waals surface area contributed by atoms with Gasteiger partial charge in [-0.2, -0.15) is 0 Å². The van der Waals surface area contributed by atoms with Crippen LogP contribution in [0.2, 0.25) is 0 Å². The van der Waals surface area contributed by atoms with E-state index >= 15 is 0 Å². The van der Waals surface area contributed by atoms with E-state index < -0.39 is 6.04 Å². The third-order valence-corrected chi connectivity index (χ3v) is 5.76. The number of amides is 2. The van der Waals surface area contributed by atoms with Gasteiger partial charge in [-0.3, -0.25) is 14.6 Å². The Morgan fingerprint density at radius 2 is 1.91 bits per heavy atom. The molecule has 0 saturated carbocycles. The van der Waals surface area contributed by atoms with Gasteiger partial charge < -0.3 is 21.7 Å². The number of nitrogens with zero attached hydrogens (tertiary/aromatic N) is 1. The smallest absolute Gasteiger partial charge is 0.247 e. The monoisotopic (exact) mass is 431 g/mol. The molecule has 7 nitrogen and oxygen atoms in total. The van der Waals surface area contributed by atoms with Crippen molar-refractivity contribution in [3.05, 3.63) is 72.4 Å². The van der Waals surface area contributed by atoms with Crippen molar-refractivity contribution in [2.24, 2.45) is 5.73 Å². The molecule has 0 radical (unpaired) electrons. The highest BCUT2D eigenvalue weighted by atomic mass is 16.2. The van der Waals surface area contributed by atoms with Crippen LogP contribution in [0.15, 0.2) is 66.9 Å². The van der Waals surface area contributed by atoms with Gasteiger partial charge in [-0.15, -0.1) is 0 Å². The highest BCUT2D eigenvalue weighted by Gasteiger charge is 2.26. The Morgan fingerprint density at radius 1 is 1.12 bits per heavy atom. The highest BCUT2D eigenvalue weighted by molar-refractivity contribution is 5.98. The average Bonchev–Trinajstić information content (AvgIpc) is 3.21. The summed E-state index contributed by atoms with van der Waals surface area (Å²) in [5, 5.41) is 10.1. The lowest BCUT2D eigenvalue weighted by Gasteiger charge is -2.20. The first-order valence-corrected chi connectivity index (χ1v) is 11.0. The van der Waals surface area contributed by atoms with Crippen molar-refractivity contribution in [2.45, 2.75) is 43.8 Å². The number of carbonyl (C=O) groups excluding carboxylic acids is 2. The number of para-hydroxylation sites is 1. The van der Waals surface area contributed by atoms with Crippen molar-refractivity contribution in [2.75, 3.05) is 11.9 Å². The summed E-state index contributed by atoms with van der Waals surface area (Å²) < 4.78 is 0. The molecule has 0 bridgehead atoms. The number of rotatable bonds is 8. The number of nitrogens with one attached hydrogen (secondary N) is 3. The third kappa shape index (κ3) is 5.90. The molecule has 1 aliphatic rings. The molecule has 32 heavy (non-hydrogen) atoms. The molecule has 2 heterocycles. The number of nitrogens with two attached hydrogens (primary N) is 1. The van der Waals surface area contributed by atoms with E-state index in [0.29, 0.717) is 31.5 Å². The van der Waals surface area contributed by atoms with Crippen LogP contribution in [0.25, 0.3) is 10.9 Å². The first kappa shape index (κ1) is 21.9. The number of fused-ring (bicyclic) bond motifs is 1. The van der Waals surface area contributed by atoms with Crippen LogP contribution in [0.5, 0.6) is 0 Å². The van der Waals surface area contributed by atoms with Crippen LogP contribution in [0.1, 0.15) is 24.8 Å². The fraction of sp³-hybridized carbons (Fsp3) is 0.320. The molecular weight excluding hydrogens is 402 g/mol. The largest absolute Gasteiger partial charge is 0.344 e. The van der Waals surface area contributed by atoms with Crippen LogP contribution in [0.4, 0.5) is 5.69 Å². The van der Waals surface area contributed by atoms with E-state index in [1.165, 1.54) is 0 Å². The Labute approximate surface area is 187 Å². The first-order valence-electron chi connectivity index (χ1n) is 11.0. The number of aromatic nitrogens is 1. The zero-order valence-corrected chi connectivity index (χ0v) is 18.0. The molecule has 0 aliphatic carbocycles. The number of pyridine rings is 1. The normalized spacial score (nSPS) is 18.9. The molecule has 7 heteroatoms. The van der Waals surface area contributed by atoms with Crippen LogP contribution in [0.3, 0.4) is 0 Å². The molecule has 2 aromatic carbocycles. The summed E-state index contributed by atoms with van der Waals surface area (Å²) in [4.78, 5) is 30.2. The second-order valence-corrected chi connectivity index (χ2v) is 8.36. The van der Waals surface area contributed by atoms with Crippen LogP contribution in [-0.4, -0.2) is 41.5 Å². The summed E-state index contributed by atoms with van der Waals surface area (Å²) in [5.74, 6) is -0.399. The maximum absolute atomic E-state index is 13.1.